The first-order valence-corrected chi connectivity index (χ1v) is 7.19. The van der Waals surface area contributed by atoms with Crippen molar-refractivity contribution < 1.29 is 0 Å². The number of allylic oxidation sites excluding steroid dienone is 4. The van der Waals surface area contributed by atoms with Crippen molar-refractivity contribution in [3.8, 4) is 0 Å². The first-order valence-electron chi connectivity index (χ1n) is 6.21. The van der Waals surface area contributed by atoms with Crippen molar-refractivity contribution in [2.75, 3.05) is 5.75 Å². The zero-order valence-electron chi connectivity index (χ0n) is 11.0. The molecular weight excluding hydrogens is 200 g/mol. The predicted octanol–water partition coefficient (Wildman–Crippen LogP) is 5.56. The average molecular weight is 226 g/mol. The van der Waals surface area contributed by atoms with Gasteiger partial charge in [0.15, 0.2) is 0 Å². The first-order chi connectivity index (χ1) is 7.19. The van der Waals surface area contributed by atoms with E-state index in [-0.39, 0.29) is 0 Å². The normalized spacial score (nSPS) is 14.1. The highest BCUT2D eigenvalue weighted by Gasteiger charge is 1.99. The molecule has 15 heavy (non-hydrogen) atoms. The van der Waals surface area contributed by atoms with Crippen LogP contribution in [-0.2, 0) is 0 Å². The van der Waals surface area contributed by atoms with Crippen molar-refractivity contribution in [2.24, 2.45) is 0 Å². The minimum absolute atomic E-state index is 1.17. The van der Waals surface area contributed by atoms with Gasteiger partial charge in [-0.1, -0.05) is 45.3 Å². The summed E-state index contributed by atoms with van der Waals surface area (Å²) in [7, 11) is 0. The quantitative estimate of drug-likeness (QED) is 0.512. The van der Waals surface area contributed by atoms with E-state index in [0.717, 1.165) is 0 Å². The molecule has 0 unspecified atom stereocenters. The Morgan fingerprint density at radius 1 is 1.07 bits per heavy atom. The molecule has 88 valence electrons. The molecule has 0 rings (SSSR count). The number of thioether (sulfide) groups is 1. The van der Waals surface area contributed by atoms with Crippen LogP contribution >= 0.6 is 11.8 Å². The molecule has 0 N–H and O–H groups in total. The third-order valence-electron chi connectivity index (χ3n) is 2.59. The van der Waals surface area contributed by atoms with Crippen LogP contribution in [0.5, 0.6) is 0 Å². The monoisotopic (exact) mass is 226 g/mol. The van der Waals surface area contributed by atoms with Crippen molar-refractivity contribution >= 4 is 11.8 Å². The Kier molecular flexibility index (Phi) is 8.98. The maximum atomic E-state index is 2.39. The fourth-order valence-corrected chi connectivity index (χ4v) is 2.56. The van der Waals surface area contributed by atoms with E-state index in [0.29, 0.717) is 0 Å². The van der Waals surface area contributed by atoms with E-state index in [4.69, 9.17) is 0 Å². The fourth-order valence-electron chi connectivity index (χ4n) is 1.73. The Hall–Kier alpha value is -0.170. The molecule has 0 aromatic heterocycles. The van der Waals surface area contributed by atoms with Gasteiger partial charge in [-0.2, -0.15) is 0 Å². The van der Waals surface area contributed by atoms with Gasteiger partial charge in [0, 0.05) is 0 Å². The van der Waals surface area contributed by atoms with Crippen LogP contribution in [0.4, 0.5) is 0 Å². The molecule has 0 aromatic rings. The third kappa shape index (κ3) is 6.09. The van der Waals surface area contributed by atoms with Crippen LogP contribution in [0.1, 0.15) is 60.3 Å². The van der Waals surface area contributed by atoms with Crippen molar-refractivity contribution in [1.29, 1.82) is 0 Å². The van der Waals surface area contributed by atoms with Crippen LogP contribution < -0.4 is 0 Å². The summed E-state index contributed by atoms with van der Waals surface area (Å²) in [5.74, 6) is 1.18. The second kappa shape index (κ2) is 9.08. The summed E-state index contributed by atoms with van der Waals surface area (Å²) >= 11 is 1.98. The minimum Gasteiger partial charge on any atom is -0.131 e. The Bertz CT molecular complexity index is 223. The number of hydrogen-bond donors (Lipinski definition) is 0. The molecule has 0 spiro atoms. The topological polar surface area (TPSA) is 0 Å². The molecule has 0 fully saturated rings. The van der Waals surface area contributed by atoms with Crippen LogP contribution in [0.3, 0.4) is 0 Å². The Morgan fingerprint density at radius 3 is 2.13 bits per heavy atom. The average Bonchev–Trinajstić information content (AvgIpc) is 2.24. The SMILES string of the molecule is CCC/C(CC)=C(C)/C=C(\CC)SCC. The van der Waals surface area contributed by atoms with Crippen LogP contribution in [0, 0.1) is 0 Å². The summed E-state index contributed by atoms with van der Waals surface area (Å²) < 4.78 is 0. The van der Waals surface area contributed by atoms with Crippen molar-refractivity contribution in [3.63, 3.8) is 0 Å². The molecule has 0 saturated carbocycles. The number of hydrogen-bond acceptors (Lipinski definition) is 1. The van der Waals surface area contributed by atoms with Crippen LogP contribution in [0.2, 0.25) is 0 Å². The van der Waals surface area contributed by atoms with Gasteiger partial charge in [0.05, 0.1) is 0 Å². The molecule has 0 aliphatic carbocycles. The van der Waals surface area contributed by atoms with Crippen molar-refractivity contribution in [1.82, 2.24) is 0 Å². The smallest absolute Gasteiger partial charge is 0.00517 e. The van der Waals surface area contributed by atoms with Gasteiger partial charge in [-0.3, -0.25) is 0 Å². The second-order valence-corrected chi connectivity index (χ2v) is 5.18. The lowest BCUT2D eigenvalue weighted by Crippen LogP contribution is -1.87. The molecule has 0 nitrogen and oxygen atoms in total. The lowest BCUT2D eigenvalue weighted by atomic mass is 10.0. The van der Waals surface area contributed by atoms with Gasteiger partial charge in [0.1, 0.15) is 0 Å². The molecule has 0 radical (unpaired) electrons. The highest BCUT2D eigenvalue weighted by molar-refractivity contribution is 8.03. The van der Waals surface area contributed by atoms with E-state index in [2.05, 4.69) is 40.7 Å². The van der Waals surface area contributed by atoms with Crippen LogP contribution in [0.15, 0.2) is 22.1 Å². The van der Waals surface area contributed by atoms with Gasteiger partial charge >= 0.3 is 0 Å². The third-order valence-corrected chi connectivity index (χ3v) is 3.66. The van der Waals surface area contributed by atoms with Gasteiger partial charge in [0.25, 0.3) is 0 Å². The fraction of sp³-hybridized carbons (Fsp3) is 0.714. The Morgan fingerprint density at radius 2 is 1.73 bits per heavy atom. The summed E-state index contributed by atoms with van der Waals surface area (Å²) in [5.41, 5.74) is 3.12. The van der Waals surface area contributed by atoms with E-state index in [9.17, 15) is 0 Å². The standard InChI is InChI=1S/C14H26S/c1-6-10-13(7-2)12(5)11-14(8-3)15-9-4/h11H,6-10H2,1-5H3/b13-12+,14-11+. The van der Waals surface area contributed by atoms with Gasteiger partial charge in [-0.15, -0.1) is 11.8 Å². The van der Waals surface area contributed by atoms with Crippen molar-refractivity contribution in [3.05, 3.63) is 22.1 Å². The van der Waals surface area contributed by atoms with Crippen LogP contribution in [0.25, 0.3) is 0 Å². The van der Waals surface area contributed by atoms with E-state index in [1.165, 1.54) is 41.9 Å². The summed E-state index contributed by atoms with van der Waals surface area (Å²) in [6.45, 7) is 11.3. The maximum Gasteiger partial charge on any atom is -0.00517 e. The largest absolute Gasteiger partial charge is 0.131 e. The first kappa shape index (κ1) is 14.8. The molecular formula is C14H26S. The number of rotatable bonds is 7. The lowest BCUT2D eigenvalue weighted by molar-refractivity contribution is 0.847. The molecule has 0 amide bonds. The van der Waals surface area contributed by atoms with E-state index in [1.54, 1.807) is 5.57 Å². The summed E-state index contributed by atoms with van der Waals surface area (Å²) in [5, 5.41) is 0. The molecule has 0 saturated heterocycles. The molecule has 0 aromatic carbocycles. The van der Waals surface area contributed by atoms with Gasteiger partial charge in [-0.25, -0.2) is 0 Å². The molecule has 0 heterocycles. The molecule has 0 bridgehead atoms. The predicted molar refractivity (Wildman–Crippen MR) is 74.4 cm³/mol. The Labute approximate surface area is 100 Å². The van der Waals surface area contributed by atoms with E-state index >= 15 is 0 Å². The summed E-state index contributed by atoms with van der Waals surface area (Å²) in [6, 6.07) is 0. The molecule has 0 aliphatic rings. The van der Waals surface area contributed by atoms with E-state index in [1.807, 2.05) is 11.8 Å². The zero-order valence-corrected chi connectivity index (χ0v) is 11.8. The highest BCUT2D eigenvalue weighted by atomic mass is 32.2. The van der Waals surface area contributed by atoms with Gasteiger partial charge in [-0.05, 0) is 42.9 Å². The zero-order chi connectivity index (χ0) is 11.7. The summed E-state index contributed by atoms with van der Waals surface area (Å²) in [6.07, 6.45) is 7.27. The molecule has 1 heteroatoms. The van der Waals surface area contributed by atoms with Gasteiger partial charge in [0.2, 0.25) is 0 Å². The molecule has 0 atom stereocenters. The lowest BCUT2D eigenvalue weighted by Gasteiger charge is -2.08. The maximum absolute atomic E-state index is 2.39. The summed E-state index contributed by atoms with van der Waals surface area (Å²) in [4.78, 5) is 1.53. The second-order valence-electron chi connectivity index (χ2n) is 3.79. The van der Waals surface area contributed by atoms with Crippen molar-refractivity contribution in [2.45, 2.75) is 60.3 Å². The van der Waals surface area contributed by atoms with E-state index < -0.39 is 0 Å². The highest BCUT2D eigenvalue weighted by Crippen LogP contribution is 2.23. The minimum atomic E-state index is 1.17. The van der Waals surface area contributed by atoms with Gasteiger partial charge < -0.3 is 0 Å². The molecule has 0 aliphatic heterocycles. The van der Waals surface area contributed by atoms with Crippen LogP contribution in [-0.4, -0.2) is 5.75 Å². The Balaban J connectivity index is 4.69.